The van der Waals surface area contributed by atoms with E-state index in [1.165, 1.54) is 22.3 Å². The third-order valence-corrected chi connectivity index (χ3v) is 11.0. The summed E-state index contributed by atoms with van der Waals surface area (Å²) in [6.07, 6.45) is 0. The summed E-state index contributed by atoms with van der Waals surface area (Å²) in [5, 5.41) is 3.31. The summed E-state index contributed by atoms with van der Waals surface area (Å²) >= 11 is 0. The van der Waals surface area contributed by atoms with E-state index in [1.807, 2.05) is 36.4 Å². The van der Waals surface area contributed by atoms with Gasteiger partial charge in [-0.15, -0.1) is 0 Å². The summed E-state index contributed by atoms with van der Waals surface area (Å²) in [7, 11) is 0. The summed E-state index contributed by atoms with van der Waals surface area (Å²) in [4.78, 5) is 15.4. The molecular formula is C50H31N3O. The monoisotopic (exact) mass is 689 g/mol. The topological polar surface area (TPSA) is 51.8 Å². The van der Waals surface area contributed by atoms with Crippen molar-refractivity contribution in [2.45, 2.75) is 5.41 Å². The highest BCUT2D eigenvalue weighted by Gasteiger charge is 2.46. The first kappa shape index (κ1) is 30.5. The summed E-state index contributed by atoms with van der Waals surface area (Å²) in [6, 6.07) is 66.2. The molecule has 0 unspecified atom stereocenters. The molecule has 1 aliphatic rings. The van der Waals surface area contributed by atoms with Crippen LogP contribution in [0.15, 0.2) is 192 Å². The highest BCUT2D eigenvalue weighted by atomic mass is 16.3. The molecule has 2 heterocycles. The van der Waals surface area contributed by atoms with Crippen LogP contribution in [0.25, 0.3) is 78.0 Å². The van der Waals surface area contributed by atoms with Crippen molar-refractivity contribution in [1.82, 2.24) is 15.0 Å². The summed E-state index contributed by atoms with van der Waals surface area (Å²) in [5.41, 5.74) is 13.1. The molecule has 10 aromatic rings. The van der Waals surface area contributed by atoms with E-state index in [1.54, 1.807) is 0 Å². The molecule has 11 rings (SSSR count). The van der Waals surface area contributed by atoms with Gasteiger partial charge in [0, 0.05) is 27.5 Å². The molecular weight excluding hydrogens is 659 g/mol. The largest absolute Gasteiger partial charge is 0.436 e. The lowest BCUT2D eigenvalue weighted by Gasteiger charge is -2.33. The lowest BCUT2D eigenvalue weighted by molar-refractivity contribution is 0.618. The fraction of sp³-hybridized carbons (Fsp3) is 0.0200. The molecule has 252 valence electrons. The highest BCUT2D eigenvalue weighted by molar-refractivity contribution is 6.09. The number of benzene rings is 8. The van der Waals surface area contributed by atoms with Gasteiger partial charge in [0.1, 0.15) is 5.52 Å². The average molecular weight is 690 g/mol. The Labute approximate surface area is 312 Å². The molecule has 0 fully saturated rings. The molecule has 0 saturated carbocycles. The SMILES string of the molecule is c1ccc(-c2nc3ccc(C4(c5ccc(-c6nc(-c7ccccc7)c7ccc8ccccc8c7n6)cc5)c5ccccc5-c5ccccc54)cc3o2)cc1. The first-order chi connectivity index (χ1) is 26.8. The second kappa shape index (κ2) is 11.9. The van der Waals surface area contributed by atoms with E-state index in [9.17, 15) is 0 Å². The van der Waals surface area contributed by atoms with Crippen LogP contribution >= 0.6 is 0 Å². The first-order valence-corrected chi connectivity index (χ1v) is 18.3. The van der Waals surface area contributed by atoms with Gasteiger partial charge in [-0.3, -0.25) is 0 Å². The van der Waals surface area contributed by atoms with Gasteiger partial charge in [0.2, 0.25) is 5.89 Å². The summed E-state index contributed by atoms with van der Waals surface area (Å²) < 4.78 is 6.47. The molecule has 1 aliphatic carbocycles. The molecule has 0 aliphatic heterocycles. The zero-order valence-electron chi connectivity index (χ0n) is 29.1. The quantitative estimate of drug-likeness (QED) is 0.169. The van der Waals surface area contributed by atoms with Crippen LogP contribution in [0.1, 0.15) is 22.3 Å². The Kier molecular flexibility index (Phi) is 6.73. The Morgan fingerprint density at radius 3 is 1.80 bits per heavy atom. The minimum absolute atomic E-state index is 0.602. The van der Waals surface area contributed by atoms with E-state index in [0.29, 0.717) is 11.7 Å². The van der Waals surface area contributed by atoms with Crippen molar-refractivity contribution in [2.75, 3.05) is 0 Å². The lowest BCUT2D eigenvalue weighted by atomic mass is 9.67. The summed E-state index contributed by atoms with van der Waals surface area (Å²) in [6.45, 7) is 0. The Morgan fingerprint density at radius 1 is 0.426 bits per heavy atom. The average Bonchev–Trinajstić information content (AvgIpc) is 3.82. The van der Waals surface area contributed by atoms with E-state index in [4.69, 9.17) is 19.4 Å². The highest BCUT2D eigenvalue weighted by Crippen LogP contribution is 2.56. The fourth-order valence-electron chi connectivity index (χ4n) is 8.56. The van der Waals surface area contributed by atoms with E-state index >= 15 is 0 Å². The maximum absolute atomic E-state index is 6.47. The minimum atomic E-state index is -0.602. The van der Waals surface area contributed by atoms with E-state index in [0.717, 1.165) is 66.3 Å². The first-order valence-electron chi connectivity index (χ1n) is 18.3. The van der Waals surface area contributed by atoms with Crippen molar-refractivity contribution < 1.29 is 4.42 Å². The van der Waals surface area contributed by atoms with E-state index in [-0.39, 0.29) is 0 Å². The van der Waals surface area contributed by atoms with Crippen LogP contribution < -0.4 is 0 Å². The van der Waals surface area contributed by atoms with Gasteiger partial charge >= 0.3 is 0 Å². The Morgan fingerprint density at radius 2 is 1.06 bits per heavy atom. The van der Waals surface area contributed by atoms with Crippen LogP contribution in [-0.2, 0) is 5.41 Å². The summed E-state index contributed by atoms with van der Waals surface area (Å²) in [5.74, 6) is 1.31. The van der Waals surface area contributed by atoms with Crippen molar-refractivity contribution in [3.05, 3.63) is 210 Å². The number of fused-ring (bicyclic) bond motifs is 7. The standard InChI is InChI=1S/C50H31N3O/c1-3-14-33(15-4-1)46-41-29-25-32-13-7-8-18-38(32)47(41)53-48(52-46)34-23-26-36(27-24-34)50(42-21-11-9-19-39(42)40-20-10-12-22-43(40)50)37-28-30-44-45(31-37)54-49(51-44)35-16-5-2-6-17-35/h1-31H. The van der Waals surface area contributed by atoms with E-state index < -0.39 is 5.41 Å². The molecule has 0 radical (unpaired) electrons. The zero-order valence-corrected chi connectivity index (χ0v) is 29.1. The van der Waals surface area contributed by atoms with Gasteiger partial charge in [-0.1, -0.05) is 158 Å². The molecule has 0 amide bonds. The number of oxazole rings is 1. The number of aromatic nitrogens is 3. The van der Waals surface area contributed by atoms with Crippen LogP contribution in [0, 0.1) is 0 Å². The van der Waals surface area contributed by atoms with Crippen molar-refractivity contribution in [3.8, 4) is 45.2 Å². The smallest absolute Gasteiger partial charge is 0.227 e. The molecule has 0 atom stereocenters. The van der Waals surface area contributed by atoms with Crippen LogP contribution in [0.2, 0.25) is 0 Å². The van der Waals surface area contributed by atoms with Gasteiger partial charge in [0.05, 0.1) is 16.6 Å². The fourth-order valence-corrected chi connectivity index (χ4v) is 8.56. The molecule has 0 N–H and O–H groups in total. The van der Waals surface area contributed by atoms with Crippen molar-refractivity contribution in [3.63, 3.8) is 0 Å². The molecule has 8 aromatic carbocycles. The number of hydrogen-bond acceptors (Lipinski definition) is 4. The minimum Gasteiger partial charge on any atom is -0.436 e. The van der Waals surface area contributed by atoms with Gasteiger partial charge in [-0.25, -0.2) is 15.0 Å². The van der Waals surface area contributed by atoms with Crippen LogP contribution in [0.3, 0.4) is 0 Å². The predicted octanol–water partition coefficient (Wildman–Crippen LogP) is 12.3. The number of rotatable bonds is 5. The van der Waals surface area contributed by atoms with Crippen molar-refractivity contribution in [1.29, 1.82) is 0 Å². The molecule has 0 spiro atoms. The number of nitrogens with zero attached hydrogens (tertiary/aromatic N) is 3. The molecule has 4 nitrogen and oxygen atoms in total. The molecule has 0 bridgehead atoms. The molecule has 4 heteroatoms. The van der Waals surface area contributed by atoms with Crippen LogP contribution in [0.5, 0.6) is 0 Å². The predicted molar refractivity (Wildman–Crippen MR) is 218 cm³/mol. The molecule has 54 heavy (non-hydrogen) atoms. The van der Waals surface area contributed by atoms with E-state index in [2.05, 4.69) is 152 Å². The number of hydrogen-bond donors (Lipinski definition) is 0. The Hall–Kier alpha value is -7.17. The zero-order chi connectivity index (χ0) is 35.6. The van der Waals surface area contributed by atoms with Gasteiger partial charge in [-0.2, -0.15) is 0 Å². The van der Waals surface area contributed by atoms with Crippen molar-refractivity contribution in [2.24, 2.45) is 0 Å². The maximum atomic E-state index is 6.47. The second-order valence-corrected chi connectivity index (χ2v) is 13.9. The van der Waals surface area contributed by atoms with Crippen LogP contribution in [-0.4, -0.2) is 15.0 Å². The molecule has 0 saturated heterocycles. The second-order valence-electron chi connectivity index (χ2n) is 13.9. The van der Waals surface area contributed by atoms with Gasteiger partial charge in [-0.05, 0) is 69.1 Å². The maximum Gasteiger partial charge on any atom is 0.227 e. The third-order valence-electron chi connectivity index (χ3n) is 11.0. The van der Waals surface area contributed by atoms with Crippen molar-refractivity contribution >= 4 is 32.8 Å². The van der Waals surface area contributed by atoms with Gasteiger partial charge in [0.25, 0.3) is 0 Å². The van der Waals surface area contributed by atoms with Crippen LogP contribution in [0.4, 0.5) is 0 Å². The molecule has 2 aromatic heterocycles. The van der Waals surface area contributed by atoms with Gasteiger partial charge < -0.3 is 4.42 Å². The normalized spacial score (nSPS) is 13.0. The Bertz CT molecular complexity index is 2990. The lowest BCUT2D eigenvalue weighted by Crippen LogP contribution is -2.28. The van der Waals surface area contributed by atoms with Gasteiger partial charge in [0.15, 0.2) is 11.4 Å². The Balaban J connectivity index is 1.12. The third kappa shape index (κ3) is 4.53.